The number of para-hydroxylation sites is 2. The summed E-state index contributed by atoms with van der Waals surface area (Å²) in [7, 11) is 0. The van der Waals surface area contributed by atoms with Gasteiger partial charge in [0.1, 0.15) is 0 Å². The summed E-state index contributed by atoms with van der Waals surface area (Å²) in [6.45, 7) is 0. The summed E-state index contributed by atoms with van der Waals surface area (Å²) in [5.74, 6) is 0.695. The van der Waals surface area contributed by atoms with Gasteiger partial charge >= 0.3 is 0 Å². The number of fused-ring (bicyclic) bond motifs is 15. The maximum Gasteiger partial charge on any atom is 0.176 e. The molecule has 4 heteroatoms. The predicted molar refractivity (Wildman–Crippen MR) is 183 cm³/mol. The fourth-order valence-corrected chi connectivity index (χ4v) is 8.95. The van der Waals surface area contributed by atoms with E-state index in [9.17, 15) is 0 Å². The van der Waals surface area contributed by atoms with Crippen LogP contribution in [0.25, 0.3) is 71.3 Å². The van der Waals surface area contributed by atoms with E-state index in [2.05, 4.69) is 89.5 Å². The molecule has 210 valence electrons. The van der Waals surface area contributed by atoms with Crippen LogP contribution in [0.3, 0.4) is 0 Å². The maximum atomic E-state index is 7.19. The molecular formula is C40H28ClN3. The van der Waals surface area contributed by atoms with Crippen molar-refractivity contribution in [1.29, 1.82) is 0 Å². The van der Waals surface area contributed by atoms with Gasteiger partial charge in [0.2, 0.25) is 0 Å². The van der Waals surface area contributed by atoms with Crippen molar-refractivity contribution in [3.05, 3.63) is 125 Å². The van der Waals surface area contributed by atoms with Crippen molar-refractivity contribution in [2.24, 2.45) is 0 Å². The minimum absolute atomic E-state index is 0.0643. The molecule has 44 heavy (non-hydrogen) atoms. The minimum atomic E-state index is -0.0643. The standard InChI is InChI=1S/C40H28ClN3/c41-38-39(43-32-19-9-8-18-31(32)42-38)44-36-25-13-3-2-12-24(25)20-21-29(36)34-27-15-5-4-14-26(27)33-28-16-6-7-17-30(28)40(35(33)37(34)44)22-10-1-11-23-40/h2-9,12-21H,1,10-11,22-23H2. The Balaban J connectivity index is 1.53. The van der Waals surface area contributed by atoms with Gasteiger partial charge in [-0.3, -0.25) is 4.57 Å². The highest BCUT2D eigenvalue weighted by atomic mass is 35.5. The van der Waals surface area contributed by atoms with E-state index in [1.807, 2.05) is 24.3 Å². The number of nitrogens with zero attached hydrogens (tertiary/aromatic N) is 3. The van der Waals surface area contributed by atoms with Gasteiger partial charge in [0, 0.05) is 21.6 Å². The van der Waals surface area contributed by atoms with E-state index in [1.165, 1.54) is 79.4 Å². The normalized spacial score (nSPS) is 15.6. The van der Waals surface area contributed by atoms with Crippen LogP contribution in [0.5, 0.6) is 0 Å². The molecule has 0 unspecified atom stereocenters. The molecule has 1 saturated carbocycles. The molecule has 1 spiro atoms. The second-order valence-electron chi connectivity index (χ2n) is 12.6. The van der Waals surface area contributed by atoms with E-state index in [0.29, 0.717) is 11.0 Å². The van der Waals surface area contributed by atoms with Gasteiger partial charge in [0.25, 0.3) is 0 Å². The van der Waals surface area contributed by atoms with E-state index in [4.69, 9.17) is 21.6 Å². The minimum Gasteiger partial charge on any atom is -0.290 e. The van der Waals surface area contributed by atoms with E-state index >= 15 is 0 Å². The number of halogens is 1. The highest BCUT2D eigenvalue weighted by Gasteiger charge is 2.47. The molecule has 6 aromatic carbocycles. The van der Waals surface area contributed by atoms with Gasteiger partial charge in [-0.2, -0.15) is 0 Å². The van der Waals surface area contributed by atoms with Gasteiger partial charge in [-0.15, -0.1) is 0 Å². The van der Waals surface area contributed by atoms with Crippen LogP contribution >= 0.6 is 11.6 Å². The Morgan fingerprint density at radius 3 is 2.11 bits per heavy atom. The van der Waals surface area contributed by atoms with Crippen molar-refractivity contribution in [2.45, 2.75) is 37.5 Å². The van der Waals surface area contributed by atoms with Crippen molar-refractivity contribution in [1.82, 2.24) is 14.5 Å². The fraction of sp³-hybridized carbons (Fsp3) is 0.150. The lowest BCUT2D eigenvalue weighted by Crippen LogP contribution is -2.28. The molecule has 0 N–H and O–H groups in total. The highest BCUT2D eigenvalue weighted by molar-refractivity contribution is 6.33. The Labute approximate surface area is 259 Å². The van der Waals surface area contributed by atoms with Crippen LogP contribution < -0.4 is 0 Å². The van der Waals surface area contributed by atoms with Crippen LogP contribution in [0, 0.1) is 0 Å². The first-order valence-corrected chi connectivity index (χ1v) is 16.1. The first-order valence-electron chi connectivity index (χ1n) is 15.7. The molecule has 0 atom stereocenters. The first kappa shape index (κ1) is 24.7. The smallest absolute Gasteiger partial charge is 0.176 e. The average molecular weight is 586 g/mol. The van der Waals surface area contributed by atoms with Crippen molar-refractivity contribution in [2.75, 3.05) is 0 Å². The van der Waals surface area contributed by atoms with Crippen molar-refractivity contribution in [3.8, 4) is 16.9 Å². The molecule has 2 heterocycles. The largest absolute Gasteiger partial charge is 0.290 e. The molecular weight excluding hydrogens is 558 g/mol. The Hall–Kier alpha value is -4.73. The molecule has 0 aliphatic heterocycles. The summed E-state index contributed by atoms with van der Waals surface area (Å²) < 4.78 is 2.39. The summed E-state index contributed by atoms with van der Waals surface area (Å²) in [5.41, 5.74) is 9.63. The summed E-state index contributed by atoms with van der Waals surface area (Å²) >= 11 is 7.19. The molecule has 2 aromatic heterocycles. The Morgan fingerprint density at radius 2 is 1.27 bits per heavy atom. The molecule has 1 fully saturated rings. The molecule has 0 saturated heterocycles. The average Bonchev–Trinajstić information content (AvgIpc) is 3.56. The zero-order chi connectivity index (χ0) is 29.0. The lowest BCUT2D eigenvalue weighted by Gasteiger charge is -2.36. The van der Waals surface area contributed by atoms with Crippen LogP contribution in [-0.2, 0) is 5.41 Å². The van der Waals surface area contributed by atoms with Gasteiger partial charge in [-0.25, -0.2) is 9.97 Å². The second kappa shape index (κ2) is 8.90. The van der Waals surface area contributed by atoms with Crippen molar-refractivity contribution < 1.29 is 0 Å². The second-order valence-corrected chi connectivity index (χ2v) is 12.9. The summed E-state index contributed by atoms with van der Waals surface area (Å²) in [5, 5.41) is 7.92. The van der Waals surface area contributed by atoms with Gasteiger partial charge in [0.15, 0.2) is 11.0 Å². The quantitative estimate of drug-likeness (QED) is 0.192. The monoisotopic (exact) mass is 585 g/mol. The maximum absolute atomic E-state index is 7.19. The number of aromatic nitrogens is 3. The van der Waals surface area contributed by atoms with E-state index in [1.54, 1.807) is 0 Å². The molecule has 10 rings (SSSR count). The van der Waals surface area contributed by atoms with Gasteiger partial charge in [0.05, 0.1) is 22.1 Å². The fourth-order valence-electron chi connectivity index (χ4n) is 8.73. The zero-order valence-electron chi connectivity index (χ0n) is 24.1. The van der Waals surface area contributed by atoms with Crippen LogP contribution in [0.2, 0.25) is 5.15 Å². The van der Waals surface area contributed by atoms with Gasteiger partial charge in [-0.05, 0) is 63.4 Å². The lowest BCUT2D eigenvalue weighted by atomic mass is 9.67. The number of benzene rings is 6. The van der Waals surface area contributed by atoms with Crippen LogP contribution in [0.4, 0.5) is 0 Å². The van der Waals surface area contributed by atoms with Crippen molar-refractivity contribution in [3.63, 3.8) is 0 Å². The molecule has 0 radical (unpaired) electrons. The summed E-state index contributed by atoms with van der Waals surface area (Å²) in [4.78, 5) is 10.2. The Bertz CT molecular complexity index is 2500. The number of rotatable bonds is 1. The third-order valence-electron chi connectivity index (χ3n) is 10.4. The molecule has 2 aliphatic carbocycles. The highest BCUT2D eigenvalue weighted by Crippen LogP contribution is 2.61. The van der Waals surface area contributed by atoms with Crippen LogP contribution in [-0.4, -0.2) is 14.5 Å². The Morgan fingerprint density at radius 1 is 0.591 bits per heavy atom. The van der Waals surface area contributed by atoms with Gasteiger partial charge in [-0.1, -0.05) is 128 Å². The number of hydrogen-bond donors (Lipinski definition) is 0. The first-order chi connectivity index (χ1) is 21.7. The number of hydrogen-bond acceptors (Lipinski definition) is 2. The van der Waals surface area contributed by atoms with Gasteiger partial charge < -0.3 is 0 Å². The SMILES string of the molecule is Clc1nc2ccccc2nc1-n1c2c3c(c4ccccc4c2c2ccc4ccccc4c21)-c1ccccc1C31CCCCC1. The topological polar surface area (TPSA) is 30.7 Å². The molecule has 2 aliphatic rings. The summed E-state index contributed by atoms with van der Waals surface area (Å²) in [6, 6.07) is 39.5. The van der Waals surface area contributed by atoms with Crippen LogP contribution in [0.1, 0.15) is 43.2 Å². The van der Waals surface area contributed by atoms with E-state index < -0.39 is 0 Å². The van der Waals surface area contributed by atoms with E-state index in [-0.39, 0.29) is 5.41 Å². The molecule has 0 bridgehead atoms. The lowest BCUT2D eigenvalue weighted by molar-refractivity contribution is 0.354. The molecule has 0 amide bonds. The van der Waals surface area contributed by atoms with Crippen LogP contribution in [0.15, 0.2) is 109 Å². The predicted octanol–water partition coefficient (Wildman–Crippen LogP) is 10.9. The Kier molecular flexibility index (Phi) is 4.99. The molecule has 8 aromatic rings. The van der Waals surface area contributed by atoms with Crippen molar-refractivity contribution >= 4 is 66.0 Å². The zero-order valence-corrected chi connectivity index (χ0v) is 24.9. The molecule has 3 nitrogen and oxygen atoms in total. The summed E-state index contributed by atoms with van der Waals surface area (Å²) in [6.07, 6.45) is 6.02. The van der Waals surface area contributed by atoms with E-state index in [0.717, 1.165) is 29.4 Å². The third kappa shape index (κ3) is 3.08. The third-order valence-corrected chi connectivity index (χ3v) is 10.7.